The van der Waals surface area contributed by atoms with Gasteiger partial charge in [0.15, 0.2) is 46.0 Å². The maximum absolute atomic E-state index is 12.9. The highest BCUT2D eigenvalue weighted by Crippen LogP contribution is 2.44. The van der Waals surface area contributed by atoms with Crippen molar-refractivity contribution < 1.29 is 52.6 Å². The Morgan fingerprint density at radius 3 is 1.36 bits per heavy atom. The molecular weight excluding hydrogens is 1340 g/mol. The first-order chi connectivity index (χ1) is 34.9. The molecule has 8 rings (SSSR count). The van der Waals surface area contributed by atoms with Crippen LogP contribution in [-0.2, 0) is 41.7 Å². The molecule has 1 N–H and O–H groups in total. The number of rotatable bonds is 20. The first kappa shape index (κ1) is 67.7. The van der Waals surface area contributed by atoms with Crippen LogP contribution in [0, 0.1) is 0 Å². The van der Waals surface area contributed by atoms with Crippen LogP contribution in [0.15, 0.2) is 54.7 Å². The SMILES string of the molecule is CO.COc1cc2c(cc1OC)CC(=O)N(CCCN(C)C[C@H]1Cc3cc(OC)c(OC)cc31)C=C2.COc1cc2c(cc1OC)CC(=O)N(CCCN(C)C[C@H]1Cc3cc(OC)c(OC)cc31)CC2.Cl.Cl.I.II. The summed E-state index contributed by atoms with van der Waals surface area (Å²) in [5, 5.41) is 7.00. The molecule has 418 valence electrons. The Hall–Kier alpha value is -3.39. The van der Waals surface area contributed by atoms with Gasteiger partial charge in [-0.05, 0) is 158 Å². The van der Waals surface area contributed by atoms with Crippen LogP contribution in [0.25, 0.3) is 6.08 Å². The molecule has 0 spiro atoms. The molecule has 20 heteroatoms. The number of hydrogen-bond donors (Lipinski definition) is 1. The fourth-order valence-corrected chi connectivity index (χ4v) is 9.99. The van der Waals surface area contributed by atoms with E-state index in [9.17, 15) is 9.59 Å². The summed E-state index contributed by atoms with van der Waals surface area (Å²) in [6.07, 6.45) is 9.45. The number of hydrogen-bond acceptors (Lipinski definition) is 13. The standard InChI is InChI=1S/C27H36N2O5.C27H34N2O5.CH4O.2ClH.I2.HI/c2*1-28(17-21-11-20-14-25(33-4)26(34-5)16-22(20)21)8-6-9-29-10-7-18-12-23(31-2)24(32-3)13-19(18)15-27(29)30;1-2;;;1-2;/h12-14,16,21H,6-11,15,17H2,1-5H3;7,10,12-14,16,21H,6,8-9,11,15,17H2,1-5H3;2H,1H3;2*1H;;1H/t2*21-;;;;;/m11...../s1. The van der Waals surface area contributed by atoms with Gasteiger partial charge in [0.05, 0.1) is 69.7 Å². The van der Waals surface area contributed by atoms with Gasteiger partial charge in [-0.2, -0.15) is 0 Å². The number of fused-ring (bicyclic) bond motifs is 4. The van der Waals surface area contributed by atoms with E-state index in [1.165, 1.54) is 27.8 Å². The van der Waals surface area contributed by atoms with Crippen molar-refractivity contribution in [1.29, 1.82) is 0 Å². The van der Waals surface area contributed by atoms with Crippen LogP contribution in [0.1, 0.15) is 69.2 Å². The number of amides is 2. The minimum Gasteiger partial charge on any atom is -0.493 e. The molecule has 4 aliphatic rings. The number of halogens is 5. The minimum atomic E-state index is 0. The second-order valence-electron chi connectivity index (χ2n) is 18.1. The van der Waals surface area contributed by atoms with Crippen LogP contribution in [0.3, 0.4) is 0 Å². The number of benzene rings is 4. The van der Waals surface area contributed by atoms with Crippen LogP contribution < -0.4 is 37.9 Å². The molecule has 2 aliphatic carbocycles. The molecule has 0 unspecified atom stereocenters. The Morgan fingerprint density at radius 1 is 0.533 bits per heavy atom. The Kier molecular flexibility index (Phi) is 30.5. The third kappa shape index (κ3) is 17.3. The molecular formula is C55H77Cl2I3N4O11. The Balaban J connectivity index is 0.000000464. The van der Waals surface area contributed by atoms with E-state index >= 15 is 0 Å². The van der Waals surface area contributed by atoms with E-state index in [2.05, 4.69) is 85.4 Å². The van der Waals surface area contributed by atoms with Crippen LogP contribution in [0.4, 0.5) is 0 Å². The molecule has 0 aromatic heterocycles. The third-order valence-corrected chi connectivity index (χ3v) is 13.9. The first-order valence-corrected chi connectivity index (χ1v) is 30.4. The van der Waals surface area contributed by atoms with Gasteiger partial charge in [0.1, 0.15) is 0 Å². The molecule has 2 atom stereocenters. The highest BCUT2D eigenvalue weighted by Gasteiger charge is 2.31. The number of carbonyl (C=O) groups is 2. The lowest BCUT2D eigenvalue weighted by atomic mass is 9.77. The summed E-state index contributed by atoms with van der Waals surface area (Å²) in [6.45, 7) is 6.07. The second kappa shape index (κ2) is 33.8. The number of likely N-dealkylation sites (N-methyl/N-ethyl adjacent to an activating group) is 2. The number of carbonyl (C=O) groups excluding carboxylic acids is 2. The maximum atomic E-state index is 12.9. The Morgan fingerprint density at radius 2 is 0.907 bits per heavy atom. The summed E-state index contributed by atoms with van der Waals surface area (Å²) in [5.41, 5.74) is 9.53. The first-order valence-electron chi connectivity index (χ1n) is 24.1. The number of methoxy groups -OCH3 is 8. The molecule has 2 heterocycles. The topological polar surface area (TPSA) is 141 Å². The fraction of sp³-hybridized carbons (Fsp3) is 0.491. The lowest BCUT2D eigenvalue weighted by Gasteiger charge is -2.34. The van der Waals surface area contributed by atoms with E-state index in [0.717, 1.165) is 124 Å². The molecule has 15 nitrogen and oxygen atoms in total. The molecule has 2 amide bonds. The zero-order valence-corrected chi connectivity index (χ0v) is 53.4. The predicted molar refractivity (Wildman–Crippen MR) is 330 cm³/mol. The highest BCUT2D eigenvalue weighted by atomic mass is 128. The predicted octanol–water partition coefficient (Wildman–Crippen LogP) is 9.89. The number of aliphatic hydroxyl groups is 1. The van der Waals surface area contributed by atoms with Crippen molar-refractivity contribution in [2.45, 2.75) is 56.8 Å². The molecule has 2 aliphatic heterocycles. The van der Waals surface area contributed by atoms with E-state index < -0.39 is 0 Å². The zero-order valence-electron chi connectivity index (χ0n) is 45.1. The van der Waals surface area contributed by atoms with Gasteiger partial charge < -0.3 is 62.6 Å². The van der Waals surface area contributed by atoms with Crippen molar-refractivity contribution in [2.75, 3.05) is 124 Å². The summed E-state index contributed by atoms with van der Waals surface area (Å²) in [5.74, 6) is 7.18. The molecule has 4 aromatic rings. The monoisotopic (exact) mass is 1420 g/mol. The minimum absolute atomic E-state index is 0. The highest BCUT2D eigenvalue weighted by molar-refractivity contribution is 15.0. The van der Waals surface area contributed by atoms with E-state index in [1.807, 2.05) is 46.3 Å². The van der Waals surface area contributed by atoms with Crippen molar-refractivity contribution in [3.63, 3.8) is 0 Å². The van der Waals surface area contributed by atoms with E-state index in [1.54, 1.807) is 56.9 Å². The molecule has 0 saturated heterocycles. The second-order valence-corrected chi connectivity index (χ2v) is 18.1. The van der Waals surface area contributed by atoms with Crippen molar-refractivity contribution >= 4 is 104 Å². The fourth-order valence-electron chi connectivity index (χ4n) is 9.99. The van der Waals surface area contributed by atoms with Crippen LogP contribution >= 0.6 is 86.0 Å². The number of ether oxygens (including phenoxy) is 8. The number of nitrogens with zero attached hydrogens (tertiary/aromatic N) is 4. The van der Waals surface area contributed by atoms with Gasteiger partial charge >= 0.3 is 0 Å². The summed E-state index contributed by atoms with van der Waals surface area (Å²) < 4.78 is 43.4. The van der Waals surface area contributed by atoms with Gasteiger partial charge in [0.25, 0.3) is 0 Å². The van der Waals surface area contributed by atoms with E-state index in [0.29, 0.717) is 48.5 Å². The van der Waals surface area contributed by atoms with Gasteiger partial charge in [0, 0.05) is 95.1 Å². The van der Waals surface area contributed by atoms with Crippen molar-refractivity contribution in [2.24, 2.45) is 0 Å². The maximum Gasteiger partial charge on any atom is 0.230 e. The normalized spacial score (nSPS) is 15.3. The van der Waals surface area contributed by atoms with E-state index in [4.69, 9.17) is 43.0 Å². The van der Waals surface area contributed by atoms with Crippen molar-refractivity contribution in [3.05, 3.63) is 99.2 Å². The summed E-state index contributed by atoms with van der Waals surface area (Å²) >= 11 is 4.24. The van der Waals surface area contributed by atoms with Crippen LogP contribution in [0.2, 0.25) is 0 Å². The average molecular weight is 1420 g/mol. The van der Waals surface area contributed by atoms with Gasteiger partial charge in [-0.15, -0.1) is 48.8 Å². The van der Waals surface area contributed by atoms with Gasteiger partial charge in [-0.3, -0.25) is 9.59 Å². The van der Waals surface area contributed by atoms with Gasteiger partial charge in [-0.1, -0.05) is 0 Å². The van der Waals surface area contributed by atoms with Crippen molar-refractivity contribution in [1.82, 2.24) is 19.6 Å². The van der Waals surface area contributed by atoms with Gasteiger partial charge in [-0.25, -0.2) is 0 Å². The molecule has 0 fully saturated rings. The Labute approximate surface area is 497 Å². The molecule has 4 aromatic carbocycles. The lowest BCUT2D eigenvalue weighted by Crippen LogP contribution is -2.36. The largest absolute Gasteiger partial charge is 0.493 e. The molecule has 0 saturated carbocycles. The summed E-state index contributed by atoms with van der Waals surface area (Å²) in [4.78, 5) is 34.3. The smallest absolute Gasteiger partial charge is 0.230 e. The number of aliphatic hydroxyl groups excluding tert-OH is 1. The van der Waals surface area contributed by atoms with Crippen molar-refractivity contribution in [3.8, 4) is 46.0 Å². The van der Waals surface area contributed by atoms with Crippen LogP contribution in [-0.4, -0.2) is 160 Å². The average Bonchev–Trinajstić information content (AvgIpc) is 3.65. The lowest BCUT2D eigenvalue weighted by molar-refractivity contribution is -0.130. The molecule has 0 radical (unpaired) electrons. The molecule has 75 heavy (non-hydrogen) atoms. The Bertz CT molecular complexity index is 2490. The summed E-state index contributed by atoms with van der Waals surface area (Å²) in [6, 6.07) is 16.2. The van der Waals surface area contributed by atoms with Crippen LogP contribution in [0.5, 0.6) is 46.0 Å². The summed E-state index contributed by atoms with van der Waals surface area (Å²) in [7, 11) is 18.5. The third-order valence-electron chi connectivity index (χ3n) is 13.9. The van der Waals surface area contributed by atoms with E-state index in [-0.39, 0.29) is 60.6 Å². The molecule has 0 bridgehead atoms. The zero-order chi connectivity index (χ0) is 52.5. The quantitative estimate of drug-likeness (QED) is 0.0841. The van der Waals surface area contributed by atoms with Gasteiger partial charge in [0.2, 0.25) is 11.8 Å².